The van der Waals surface area contributed by atoms with Gasteiger partial charge in [0.25, 0.3) is 5.56 Å². The average Bonchev–Trinajstić information content (AvgIpc) is 3.24. The van der Waals surface area contributed by atoms with Gasteiger partial charge in [0.15, 0.2) is 5.16 Å². The summed E-state index contributed by atoms with van der Waals surface area (Å²) in [7, 11) is 1.65. The van der Waals surface area contributed by atoms with E-state index in [1.54, 1.807) is 38.2 Å². The Morgan fingerprint density at radius 1 is 1.26 bits per heavy atom. The number of thiophene rings is 1. The molecule has 0 saturated heterocycles. The number of aromatic nitrogens is 4. The van der Waals surface area contributed by atoms with Crippen molar-refractivity contribution in [3.05, 3.63) is 50.5 Å². The fourth-order valence-electron chi connectivity index (χ4n) is 2.65. The van der Waals surface area contributed by atoms with Gasteiger partial charge in [-0.1, -0.05) is 11.8 Å². The van der Waals surface area contributed by atoms with Gasteiger partial charge in [-0.2, -0.15) is 0 Å². The number of amides is 1. The van der Waals surface area contributed by atoms with Gasteiger partial charge < -0.3 is 15.3 Å². The van der Waals surface area contributed by atoms with Crippen molar-refractivity contribution in [2.24, 2.45) is 7.05 Å². The van der Waals surface area contributed by atoms with E-state index in [9.17, 15) is 14.4 Å². The molecule has 0 saturated carbocycles. The molecule has 27 heavy (non-hydrogen) atoms. The lowest BCUT2D eigenvalue weighted by atomic mass is 10.2. The van der Waals surface area contributed by atoms with Gasteiger partial charge in [0.1, 0.15) is 4.83 Å². The molecule has 138 valence electrons. The Bertz CT molecular complexity index is 1280. The summed E-state index contributed by atoms with van der Waals surface area (Å²) in [6.07, 6.45) is 0. The minimum atomic E-state index is -0.471. The summed E-state index contributed by atoms with van der Waals surface area (Å²) in [6.45, 7) is 1.75. The van der Waals surface area contributed by atoms with Gasteiger partial charge in [0.05, 0.1) is 21.7 Å². The number of carbonyl (C=O) groups excluding carboxylic acids is 1. The predicted octanol–water partition coefficient (Wildman–Crippen LogP) is 2.28. The Balaban J connectivity index is 1.54. The largest absolute Gasteiger partial charge is 0.325 e. The van der Waals surface area contributed by atoms with E-state index < -0.39 is 5.25 Å². The van der Waals surface area contributed by atoms with E-state index in [-0.39, 0.29) is 17.2 Å². The van der Waals surface area contributed by atoms with Gasteiger partial charge in [-0.05, 0) is 36.6 Å². The maximum Gasteiger partial charge on any atom is 0.323 e. The zero-order chi connectivity index (χ0) is 19.1. The van der Waals surface area contributed by atoms with E-state index in [0.29, 0.717) is 32.1 Å². The van der Waals surface area contributed by atoms with E-state index >= 15 is 0 Å². The van der Waals surface area contributed by atoms with Crippen LogP contribution in [0.25, 0.3) is 21.3 Å². The molecule has 0 spiro atoms. The SMILES string of the molecule is CC(Sc1nc2sccc2c(=O)n1C)C(=O)Nc1ccc2[nH]c(=O)[nH]c2c1. The van der Waals surface area contributed by atoms with Crippen LogP contribution in [0.1, 0.15) is 6.92 Å². The lowest BCUT2D eigenvalue weighted by Crippen LogP contribution is -2.25. The van der Waals surface area contributed by atoms with Crippen LogP contribution in [0.2, 0.25) is 0 Å². The number of carbonyl (C=O) groups is 1. The van der Waals surface area contributed by atoms with Gasteiger partial charge in [0.2, 0.25) is 5.91 Å². The zero-order valence-electron chi connectivity index (χ0n) is 14.4. The molecular formula is C17H15N5O3S2. The second-order valence-electron chi connectivity index (χ2n) is 5.99. The first-order chi connectivity index (χ1) is 12.9. The predicted molar refractivity (Wildman–Crippen MR) is 108 cm³/mol. The first kappa shape index (κ1) is 17.6. The summed E-state index contributed by atoms with van der Waals surface area (Å²) in [4.78, 5) is 46.7. The molecule has 4 rings (SSSR count). The van der Waals surface area contributed by atoms with Gasteiger partial charge in [0, 0.05) is 12.7 Å². The van der Waals surface area contributed by atoms with Crippen LogP contribution in [-0.4, -0.2) is 30.7 Å². The van der Waals surface area contributed by atoms with Crippen molar-refractivity contribution in [2.45, 2.75) is 17.3 Å². The highest BCUT2D eigenvalue weighted by atomic mass is 32.2. The highest BCUT2D eigenvalue weighted by molar-refractivity contribution is 8.00. The number of fused-ring (bicyclic) bond motifs is 2. The Hall–Kier alpha value is -2.85. The average molecular weight is 401 g/mol. The maximum atomic E-state index is 12.5. The number of imidazole rings is 1. The third-order valence-electron chi connectivity index (χ3n) is 4.10. The Morgan fingerprint density at radius 2 is 2.04 bits per heavy atom. The third kappa shape index (κ3) is 3.28. The highest BCUT2D eigenvalue weighted by Crippen LogP contribution is 2.25. The molecule has 4 aromatic rings. The van der Waals surface area contributed by atoms with E-state index in [1.165, 1.54) is 27.7 Å². The molecule has 0 bridgehead atoms. The Morgan fingerprint density at radius 3 is 2.85 bits per heavy atom. The fraction of sp³-hybridized carbons (Fsp3) is 0.176. The van der Waals surface area contributed by atoms with Crippen molar-refractivity contribution in [3.8, 4) is 0 Å². The molecule has 3 heterocycles. The molecule has 0 aliphatic carbocycles. The summed E-state index contributed by atoms with van der Waals surface area (Å²) in [5.74, 6) is -0.224. The zero-order valence-corrected chi connectivity index (χ0v) is 16.0. The van der Waals surface area contributed by atoms with Gasteiger partial charge >= 0.3 is 5.69 Å². The maximum absolute atomic E-state index is 12.5. The lowest BCUT2D eigenvalue weighted by Gasteiger charge is -2.13. The number of hydrogen-bond donors (Lipinski definition) is 3. The number of benzene rings is 1. The molecule has 3 aromatic heterocycles. The van der Waals surface area contributed by atoms with Crippen molar-refractivity contribution >= 4 is 55.9 Å². The van der Waals surface area contributed by atoms with E-state index in [0.717, 1.165) is 0 Å². The molecule has 1 unspecified atom stereocenters. The molecule has 8 nitrogen and oxygen atoms in total. The quantitative estimate of drug-likeness (QED) is 0.359. The Labute approximate surface area is 160 Å². The minimum Gasteiger partial charge on any atom is -0.325 e. The van der Waals surface area contributed by atoms with Gasteiger partial charge in [-0.15, -0.1) is 11.3 Å². The number of hydrogen-bond acceptors (Lipinski definition) is 6. The van der Waals surface area contributed by atoms with Crippen LogP contribution in [0, 0.1) is 0 Å². The van der Waals surface area contributed by atoms with Crippen LogP contribution in [0.3, 0.4) is 0 Å². The van der Waals surface area contributed by atoms with E-state index in [1.807, 2.05) is 5.38 Å². The molecule has 10 heteroatoms. The van der Waals surface area contributed by atoms with Crippen molar-refractivity contribution in [1.82, 2.24) is 19.5 Å². The topological polar surface area (TPSA) is 113 Å². The van der Waals surface area contributed by atoms with Crippen molar-refractivity contribution in [3.63, 3.8) is 0 Å². The second-order valence-corrected chi connectivity index (χ2v) is 8.19. The van der Waals surface area contributed by atoms with Crippen molar-refractivity contribution < 1.29 is 4.79 Å². The molecule has 1 amide bonds. The third-order valence-corrected chi connectivity index (χ3v) is 6.05. The molecule has 1 aromatic carbocycles. The number of rotatable bonds is 4. The highest BCUT2D eigenvalue weighted by Gasteiger charge is 2.19. The lowest BCUT2D eigenvalue weighted by molar-refractivity contribution is -0.115. The number of anilines is 1. The van der Waals surface area contributed by atoms with Crippen LogP contribution < -0.4 is 16.6 Å². The molecule has 0 aliphatic heterocycles. The van der Waals surface area contributed by atoms with Crippen LogP contribution in [0.4, 0.5) is 5.69 Å². The van der Waals surface area contributed by atoms with E-state index in [2.05, 4.69) is 20.3 Å². The second kappa shape index (κ2) is 6.71. The van der Waals surface area contributed by atoms with E-state index in [4.69, 9.17) is 0 Å². The monoisotopic (exact) mass is 401 g/mol. The molecule has 0 fully saturated rings. The molecule has 0 radical (unpaired) electrons. The van der Waals surface area contributed by atoms with Crippen LogP contribution >= 0.6 is 23.1 Å². The fourth-order valence-corrected chi connectivity index (χ4v) is 4.33. The molecule has 3 N–H and O–H groups in total. The number of H-pyrrole nitrogens is 2. The number of nitrogens with one attached hydrogen (secondary N) is 3. The number of nitrogens with zero attached hydrogens (tertiary/aromatic N) is 2. The van der Waals surface area contributed by atoms with Gasteiger partial charge in [-0.3, -0.25) is 14.2 Å². The molecule has 1 atom stereocenters. The van der Waals surface area contributed by atoms with Crippen LogP contribution in [0.15, 0.2) is 44.4 Å². The Kier molecular flexibility index (Phi) is 4.36. The smallest absolute Gasteiger partial charge is 0.323 e. The van der Waals surface area contributed by atoms with Crippen molar-refractivity contribution in [1.29, 1.82) is 0 Å². The first-order valence-electron chi connectivity index (χ1n) is 8.06. The number of aromatic amines is 2. The van der Waals surface area contributed by atoms with Crippen LogP contribution in [-0.2, 0) is 11.8 Å². The van der Waals surface area contributed by atoms with Crippen molar-refractivity contribution in [2.75, 3.05) is 5.32 Å². The minimum absolute atomic E-state index is 0.127. The summed E-state index contributed by atoms with van der Waals surface area (Å²) < 4.78 is 1.46. The normalized spacial score (nSPS) is 12.5. The summed E-state index contributed by atoms with van der Waals surface area (Å²) in [5.41, 5.74) is 1.44. The van der Waals surface area contributed by atoms with Gasteiger partial charge in [-0.25, -0.2) is 9.78 Å². The summed E-state index contributed by atoms with van der Waals surface area (Å²) >= 11 is 2.62. The van der Waals surface area contributed by atoms with Crippen LogP contribution in [0.5, 0.6) is 0 Å². The summed E-state index contributed by atoms with van der Waals surface area (Å²) in [6, 6.07) is 6.87. The molecular weight excluding hydrogens is 386 g/mol. The standard InChI is InChI=1S/C17H15N5O3S2/c1-8(27-17-21-14-10(5-6-26-14)15(24)22(17)2)13(23)18-9-3-4-11-12(7-9)20-16(25)19-11/h3-8H,1-2H3,(H,18,23)(H2,19,20,25). The molecule has 0 aliphatic rings. The first-order valence-corrected chi connectivity index (χ1v) is 9.82. The number of thioether (sulfide) groups is 1. The summed E-state index contributed by atoms with van der Waals surface area (Å²) in [5, 5.41) is 5.25.